The number of benzene rings is 15. The van der Waals surface area contributed by atoms with Crippen molar-refractivity contribution in [1.29, 1.82) is 0 Å². The van der Waals surface area contributed by atoms with Crippen LogP contribution in [0.5, 0.6) is 0 Å². The first-order valence-electron chi connectivity index (χ1n) is 36.6. The van der Waals surface area contributed by atoms with Crippen LogP contribution >= 0.6 is 0 Å². The van der Waals surface area contributed by atoms with Crippen LogP contribution < -0.4 is 0 Å². The third-order valence-electron chi connectivity index (χ3n) is 18.2. The number of fused-ring (bicyclic) bond motifs is 2. The van der Waals surface area contributed by atoms with Gasteiger partial charge in [0.25, 0.3) is 0 Å². The maximum Gasteiger partial charge on any atom is -0.0152 e. The highest BCUT2D eigenvalue weighted by atomic mass is 14.1. The van der Waals surface area contributed by atoms with Crippen LogP contribution in [0, 0.1) is 125 Å². The molecule has 104 heavy (non-hydrogen) atoms. The Bertz CT molecular complexity index is 4730. The lowest BCUT2D eigenvalue weighted by molar-refractivity contribution is 1.32. The van der Waals surface area contributed by atoms with Crippen LogP contribution in [0.2, 0.25) is 0 Å². The number of aryl methyl sites for hydroxylation is 18. The highest BCUT2D eigenvalue weighted by Gasteiger charge is 2.09. The fourth-order valence-electron chi connectivity index (χ4n) is 12.2. The van der Waals surface area contributed by atoms with Crippen molar-refractivity contribution in [2.75, 3.05) is 0 Å². The zero-order valence-corrected chi connectivity index (χ0v) is 65.2. The molecule has 15 rings (SSSR count). The lowest BCUT2D eigenvalue weighted by atomic mass is 9.92. The first kappa shape index (κ1) is 78.5. The van der Waals surface area contributed by atoms with Crippen molar-refractivity contribution in [1.82, 2.24) is 0 Å². The molecule has 0 bridgehead atoms. The fraction of sp³-hybridized carbons (Fsp3) is 0.173. The molecule has 0 amide bonds. The third-order valence-corrected chi connectivity index (χ3v) is 18.2. The molecule has 524 valence electrons. The van der Waals surface area contributed by atoms with E-state index in [2.05, 4.69) is 452 Å². The lowest BCUT2D eigenvalue weighted by Gasteiger charge is -2.12. The van der Waals surface area contributed by atoms with Gasteiger partial charge in [-0.15, -0.1) is 0 Å². The van der Waals surface area contributed by atoms with Crippen molar-refractivity contribution in [2.24, 2.45) is 0 Å². The summed E-state index contributed by atoms with van der Waals surface area (Å²) in [6.07, 6.45) is 0. The average molecular weight is 1360 g/mol. The highest BCUT2D eigenvalue weighted by molar-refractivity contribution is 5.88. The summed E-state index contributed by atoms with van der Waals surface area (Å²) < 4.78 is 0. The van der Waals surface area contributed by atoms with Gasteiger partial charge in [0.2, 0.25) is 0 Å². The highest BCUT2D eigenvalue weighted by Crippen LogP contribution is 2.34. The van der Waals surface area contributed by atoms with E-state index in [1.807, 2.05) is 0 Å². The molecule has 0 aromatic heterocycles. The number of hydrogen-bond acceptors (Lipinski definition) is 0. The first-order valence-corrected chi connectivity index (χ1v) is 36.6. The van der Waals surface area contributed by atoms with Gasteiger partial charge >= 0.3 is 0 Å². The van der Waals surface area contributed by atoms with Crippen LogP contribution in [0.3, 0.4) is 0 Å². The van der Waals surface area contributed by atoms with Crippen LogP contribution in [0.4, 0.5) is 0 Å². The quantitative estimate of drug-likeness (QED) is 0.161. The van der Waals surface area contributed by atoms with E-state index in [1.165, 1.54) is 177 Å². The molecule has 0 aliphatic rings. The van der Waals surface area contributed by atoms with Crippen molar-refractivity contribution in [2.45, 2.75) is 125 Å². The second-order valence-corrected chi connectivity index (χ2v) is 28.4. The molecule has 0 heterocycles. The zero-order valence-electron chi connectivity index (χ0n) is 65.2. The van der Waals surface area contributed by atoms with Crippen LogP contribution in [0.25, 0.3) is 77.2 Å². The van der Waals surface area contributed by atoms with E-state index in [0.717, 1.165) is 0 Å². The van der Waals surface area contributed by atoms with Gasteiger partial charge in [0.15, 0.2) is 0 Å². The van der Waals surface area contributed by atoms with E-state index >= 15 is 0 Å². The number of rotatable bonds is 5. The van der Waals surface area contributed by atoms with Gasteiger partial charge in [-0.05, 0) is 231 Å². The predicted octanol–water partition coefficient (Wildman–Crippen LogP) is 29.7. The van der Waals surface area contributed by atoms with Gasteiger partial charge in [-0.1, -0.05) is 398 Å². The topological polar surface area (TPSA) is 0 Å². The van der Waals surface area contributed by atoms with E-state index in [9.17, 15) is 0 Å². The lowest BCUT2D eigenvalue weighted by Crippen LogP contribution is -1.87. The van der Waals surface area contributed by atoms with E-state index in [-0.39, 0.29) is 0 Å². The smallest absolute Gasteiger partial charge is 0.0152 e. The Kier molecular flexibility index (Phi) is 29.7. The van der Waals surface area contributed by atoms with Crippen molar-refractivity contribution >= 4 is 21.5 Å². The Morgan fingerprint density at radius 2 is 0.327 bits per heavy atom. The maximum atomic E-state index is 2.30. The Hall–Kier alpha value is -11.2. The van der Waals surface area contributed by atoms with Crippen LogP contribution in [-0.4, -0.2) is 0 Å². The van der Waals surface area contributed by atoms with Gasteiger partial charge in [-0.25, -0.2) is 0 Å². The minimum Gasteiger partial charge on any atom is -0.0617 e. The second-order valence-electron chi connectivity index (χ2n) is 28.4. The largest absolute Gasteiger partial charge is 0.0617 e. The molecular formula is C104H108. The fourth-order valence-corrected chi connectivity index (χ4v) is 12.2. The van der Waals surface area contributed by atoms with E-state index < -0.39 is 0 Å². The van der Waals surface area contributed by atoms with Gasteiger partial charge in [0.1, 0.15) is 0 Å². The summed E-state index contributed by atoms with van der Waals surface area (Å²) >= 11 is 0. The minimum absolute atomic E-state index is 1.25. The second kappa shape index (κ2) is 39.3. The maximum absolute atomic E-state index is 2.30. The molecule has 0 radical (unpaired) electrons. The molecular weight excluding hydrogens is 1250 g/mol. The van der Waals surface area contributed by atoms with Crippen molar-refractivity contribution in [3.05, 3.63) is 428 Å². The van der Waals surface area contributed by atoms with Gasteiger partial charge in [-0.2, -0.15) is 0 Å². The predicted molar refractivity (Wildman–Crippen MR) is 459 cm³/mol. The standard InChI is InChI=1S/C27H24.2C14H14.2C12H12.C9H12.2C8H10/c1-19-4-10-22(11-5-19)25-16-26(23-12-6-20(2)7-13-23)18-27(17-25)24-14-8-21(3)9-15-24;1-11-3-7-13(8-4-11)14-9-5-12(2)6-10-14;1-11-5-3-7-13(9-11)14-8-4-6-12(2)10-14;1-9-3-5-12-8-10(2)4-6-11(12)7-9;1-9-7-8-10(2)12-6-4-3-5-11(9)12;1-7-4-8(2)6-9(3)5-7;1-7-3-5-8(2)6-4-7;1-7-4-3-5-8(2)6-7/h4-18H,1-3H3;2*3-10H,1-2H3;2*3-8H,1-2H3;4-6H,1-3H3;2*3-6H,1-2H3. The van der Waals surface area contributed by atoms with Gasteiger partial charge in [0.05, 0.1) is 0 Å². The molecule has 15 aromatic rings. The molecule has 0 saturated heterocycles. The summed E-state index contributed by atoms with van der Waals surface area (Å²) in [5, 5.41) is 5.41. The van der Waals surface area contributed by atoms with Crippen molar-refractivity contribution < 1.29 is 0 Å². The Balaban J connectivity index is 0.000000156. The van der Waals surface area contributed by atoms with Crippen molar-refractivity contribution in [3.63, 3.8) is 0 Å². The van der Waals surface area contributed by atoms with Gasteiger partial charge < -0.3 is 0 Å². The summed E-state index contributed by atoms with van der Waals surface area (Å²) in [6.45, 7) is 38.2. The molecule has 0 saturated carbocycles. The molecule has 0 aliphatic heterocycles. The Morgan fingerprint density at radius 1 is 0.115 bits per heavy atom. The van der Waals surface area contributed by atoms with Crippen LogP contribution in [0.1, 0.15) is 100 Å². The molecule has 0 nitrogen and oxygen atoms in total. The van der Waals surface area contributed by atoms with E-state index in [4.69, 9.17) is 0 Å². The molecule has 0 heteroatoms. The SMILES string of the molecule is Cc1cc(C)cc(C)c1.Cc1ccc(-c2cc(-c3ccc(C)cc3)cc(-c3ccc(C)cc3)c2)cc1.Cc1ccc(-c2ccc(C)cc2)cc1.Cc1ccc(C)c2ccccc12.Cc1ccc(C)cc1.Cc1ccc2cc(C)ccc2c1.Cc1cccc(-c2cccc(C)c2)c1.Cc1cccc(C)c1. The Morgan fingerprint density at radius 3 is 0.577 bits per heavy atom. The molecule has 0 aliphatic carbocycles. The minimum atomic E-state index is 1.25. The number of hydrogen-bond donors (Lipinski definition) is 0. The molecule has 15 aromatic carbocycles. The van der Waals surface area contributed by atoms with Gasteiger partial charge in [0, 0.05) is 0 Å². The zero-order chi connectivity index (χ0) is 74.7. The summed E-state index contributed by atoms with van der Waals surface area (Å²) in [4.78, 5) is 0. The molecule has 0 fully saturated rings. The average Bonchev–Trinajstić information content (AvgIpc) is 0.779. The van der Waals surface area contributed by atoms with E-state index in [1.54, 1.807) is 0 Å². The molecule has 0 atom stereocenters. The van der Waals surface area contributed by atoms with Crippen molar-refractivity contribution in [3.8, 4) is 55.6 Å². The van der Waals surface area contributed by atoms with Gasteiger partial charge in [-0.3, -0.25) is 0 Å². The molecule has 0 unspecified atom stereocenters. The molecule has 0 N–H and O–H groups in total. The van der Waals surface area contributed by atoms with E-state index in [0.29, 0.717) is 0 Å². The normalized spacial score (nSPS) is 10.2. The summed E-state index contributed by atoms with van der Waals surface area (Å²) in [6, 6.07) is 117. The first-order chi connectivity index (χ1) is 49.9. The monoisotopic (exact) mass is 1360 g/mol. The summed E-state index contributed by atoms with van der Waals surface area (Å²) in [5.74, 6) is 0. The Labute approximate surface area is 625 Å². The summed E-state index contributed by atoms with van der Waals surface area (Å²) in [7, 11) is 0. The molecule has 0 spiro atoms. The summed E-state index contributed by atoms with van der Waals surface area (Å²) in [5.41, 5.74) is 36.5. The third kappa shape index (κ3) is 25.7. The van der Waals surface area contributed by atoms with Crippen LogP contribution in [0.15, 0.2) is 328 Å². The van der Waals surface area contributed by atoms with Crippen LogP contribution in [-0.2, 0) is 0 Å².